The van der Waals surface area contributed by atoms with Gasteiger partial charge in [0, 0.05) is 11.3 Å². The number of methoxy groups -OCH3 is 1. The summed E-state index contributed by atoms with van der Waals surface area (Å²) in [6.45, 7) is 2.20. The SMILES string of the molecule is COc1ccc(-c2c3c(nc4nc[nH]c(=O)c24)C(C)CCC3)cc1. The first-order valence-corrected chi connectivity index (χ1v) is 8.23. The van der Waals surface area contributed by atoms with E-state index in [1.807, 2.05) is 24.3 Å². The molecule has 0 amide bonds. The highest BCUT2D eigenvalue weighted by Gasteiger charge is 2.25. The minimum Gasteiger partial charge on any atom is -0.497 e. The van der Waals surface area contributed by atoms with E-state index in [2.05, 4.69) is 16.9 Å². The number of benzene rings is 1. The topological polar surface area (TPSA) is 67.9 Å². The van der Waals surface area contributed by atoms with Gasteiger partial charge in [-0.3, -0.25) is 4.79 Å². The second-order valence-electron chi connectivity index (χ2n) is 6.30. The van der Waals surface area contributed by atoms with E-state index >= 15 is 0 Å². The lowest BCUT2D eigenvalue weighted by molar-refractivity contribution is 0.415. The number of hydrogen-bond acceptors (Lipinski definition) is 4. The fraction of sp³-hybridized carbons (Fsp3) is 0.316. The van der Waals surface area contributed by atoms with Crippen molar-refractivity contribution in [1.29, 1.82) is 0 Å². The fourth-order valence-corrected chi connectivity index (χ4v) is 3.62. The van der Waals surface area contributed by atoms with Crippen molar-refractivity contribution in [2.45, 2.75) is 32.1 Å². The Balaban J connectivity index is 2.09. The van der Waals surface area contributed by atoms with Crippen molar-refractivity contribution in [2.24, 2.45) is 0 Å². The molecule has 24 heavy (non-hydrogen) atoms. The molecule has 0 saturated heterocycles. The van der Waals surface area contributed by atoms with E-state index in [0.29, 0.717) is 17.0 Å². The summed E-state index contributed by atoms with van der Waals surface area (Å²) in [6, 6.07) is 7.84. The van der Waals surface area contributed by atoms with Gasteiger partial charge in [0.2, 0.25) is 0 Å². The predicted molar refractivity (Wildman–Crippen MR) is 93.5 cm³/mol. The lowest BCUT2D eigenvalue weighted by Gasteiger charge is -2.24. The van der Waals surface area contributed by atoms with E-state index in [0.717, 1.165) is 41.8 Å². The highest BCUT2D eigenvalue weighted by Crippen LogP contribution is 2.39. The molecule has 3 aromatic rings. The highest BCUT2D eigenvalue weighted by atomic mass is 16.5. The van der Waals surface area contributed by atoms with Crippen molar-refractivity contribution >= 4 is 11.0 Å². The molecule has 0 fully saturated rings. The lowest BCUT2D eigenvalue weighted by atomic mass is 9.83. The van der Waals surface area contributed by atoms with Crippen LogP contribution in [0.3, 0.4) is 0 Å². The summed E-state index contributed by atoms with van der Waals surface area (Å²) in [6.07, 6.45) is 4.60. The molecule has 1 aliphatic rings. The van der Waals surface area contributed by atoms with Gasteiger partial charge in [-0.15, -0.1) is 0 Å². The molecule has 0 spiro atoms. The molecule has 1 atom stereocenters. The van der Waals surface area contributed by atoms with Crippen LogP contribution in [0, 0.1) is 0 Å². The van der Waals surface area contributed by atoms with Crippen LogP contribution in [0.1, 0.15) is 36.9 Å². The van der Waals surface area contributed by atoms with Gasteiger partial charge in [-0.1, -0.05) is 19.1 Å². The van der Waals surface area contributed by atoms with Gasteiger partial charge in [0.25, 0.3) is 5.56 Å². The minimum atomic E-state index is -0.139. The van der Waals surface area contributed by atoms with E-state index in [1.165, 1.54) is 11.9 Å². The molecule has 122 valence electrons. The van der Waals surface area contributed by atoms with Gasteiger partial charge in [0.1, 0.15) is 5.75 Å². The van der Waals surface area contributed by atoms with Gasteiger partial charge in [-0.2, -0.15) is 0 Å². The quantitative estimate of drug-likeness (QED) is 0.785. The van der Waals surface area contributed by atoms with Crippen LogP contribution in [0.25, 0.3) is 22.2 Å². The van der Waals surface area contributed by atoms with Crippen LogP contribution in [0.2, 0.25) is 0 Å². The van der Waals surface area contributed by atoms with Crippen LogP contribution in [0.4, 0.5) is 0 Å². The molecule has 2 aromatic heterocycles. The summed E-state index contributed by atoms with van der Waals surface area (Å²) in [4.78, 5) is 24.2. The number of rotatable bonds is 2. The summed E-state index contributed by atoms with van der Waals surface area (Å²) in [5.74, 6) is 1.18. The van der Waals surface area contributed by atoms with Crippen molar-refractivity contribution in [3.63, 3.8) is 0 Å². The first-order chi connectivity index (χ1) is 11.7. The zero-order valence-electron chi connectivity index (χ0n) is 13.8. The van der Waals surface area contributed by atoms with Gasteiger partial charge in [0.05, 0.1) is 18.8 Å². The second-order valence-corrected chi connectivity index (χ2v) is 6.30. The summed E-state index contributed by atoms with van der Waals surface area (Å²) in [5, 5.41) is 0.579. The van der Waals surface area contributed by atoms with Crippen LogP contribution in [0.5, 0.6) is 5.75 Å². The fourth-order valence-electron chi connectivity index (χ4n) is 3.62. The molecule has 2 heterocycles. The molecule has 0 radical (unpaired) electrons. The third kappa shape index (κ3) is 2.28. The smallest absolute Gasteiger partial charge is 0.260 e. The van der Waals surface area contributed by atoms with Crippen molar-refractivity contribution in [3.8, 4) is 16.9 Å². The molecule has 5 heteroatoms. The molecule has 1 N–H and O–H groups in total. The molecule has 0 aliphatic heterocycles. The summed E-state index contributed by atoms with van der Waals surface area (Å²) >= 11 is 0. The number of nitrogens with one attached hydrogen (secondary N) is 1. The van der Waals surface area contributed by atoms with E-state index in [1.54, 1.807) is 7.11 Å². The number of ether oxygens (including phenoxy) is 1. The maximum atomic E-state index is 12.5. The van der Waals surface area contributed by atoms with Gasteiger partial charge in [-0.05, 0) is 48.4 Å². The number of nitrogens with zero attached hydrogens (tertiary/aromatic N) is 2. The Kier molecular flexibility index (Phi) is 3.56. The molecule has 4 rings (SSSR count). The monoisotopic (exact) mass is 321 g/mol. The first-order valence-electron chi connectivity index (χ1n) is 8.23. The number of aromatic nitrogens is 3. The van der Waals surface area contributed by atoms with E-state index in [9.17, 15) is 4.79 Å². The third-order valence-corrected chi connectivity index (χ3v) is 4.83. The Labute approximate surface area is 139 Å². The van der Waals surface area contributed by atoms with Crippen molar-refractivity contribution in [2.75, 3.05) is 7.11 Å². The maximum absolute atomic E-state index is 12.5. The van der Waals surface area contributed by atoms with Crippen LogP contribution < -0.4 is 10.3 Å². The Hall–Kier alpha value is -2.69. The molecule has 5 nitrogen and oxygen atoms in total. The lowest BCUT2D eigenvalue weighted by Crippen LogP contribution is -2.16. The zero-order chi connectivity index (χ0) is 16.7. The highest BCUT2D eigenvalue weighted by molar-refractivity contribution is 5.94. The van der Waals surface area contributed by atoms with Gasteiger partial charge in [-0.25, -0.2) is 9.97 Å². The number of H-pyrrole nitrogens is 1. The maximum Gasteiger partial charge on any atom is 0.260 e. The van der Waals surface area contributed by atoms with E-state index in [4.69, 9.17) is 9.72 Å². The molecular weight excluding hydrogens is 302 g/mol. The summed E-state index contributed by atoms with van der Waals surface area (Å²) in [5.41, 5.74) is 4.63. The normalized spacial score (nSPS) is 16.8. The minimum absolute atomic E-state index is 0.139. The van der Waals surface area contributed by atoms with Gasteiger partial charge < -0.3 is 9.72 Å². The van der Waals surface area contributed by atoms with Crippen molar-refractivity contribution in [3.05, 3.63) is 52.2 Å². The largest absolute Gasteiger partial charge is 0.497 e. The van der Waals surface area contributed by atoms with E-state index < -0.39 is 0 Å². The Morgan fingerprint density at radius 1 is 1.25 bits per heavy atom. The number of fused-ring (bicyclic) bond motifs is 2. The number of aromatic amines is 1. The molecule has 0 bridgehead atoms. The number of pyridine rings is 1. The third-order valence-electron chi connectivity index (χ3n) is 4.83. The Bertz CT molecular complexity index is 961. The Morgan fingerprint density at radius 2 is 2.04 bits per heavy atom. The average Bonchev–Trinajstić information content (AvgIpc) is 2.61. The van der Waals surface area contributed by atoms with Crippen LogP contribution in [-0.2, 0) is 6.42 Å². The van der Waals surface area contributed by atoms with Crippen molar-refractivity contribution in [1.82, 2.24) is 15.0 Å². The van der Waals surface area contributed by atoms with Gasteiger partial charge in [0.15, 0.2) is 5.65 Å². The zero-order valence-corrected chi connectivity index (χ0v) is 13.8. The summed E-state index contributed by atoms with van der Waals surface area (Å²) in [7, 11) is 1.65. The number of hydrogen-bond donors (Lipinski definition) is 1. The van der Waals surface area contributed by atoms with Crippen molar-refractivity contribution < 1.29 is 4.74 Å². The average molecular weight is 321 g/mol. The van der Waals surface area contributed by atoms with Gasteiger partial charge >= 0.3 is 0 Å². The van der Waals surface area contributed by atoms with Crippen LogP contribution >= 0.6 is 0 Å². The standard InChI is InChI=1S/C19H19N3O2/c1-11-4-3-5-14-15(12-6-8-13(24-2)9-7-12)16-18(22-17(11)14)20-10-21-19(16)23/h6-11H,3-5H2,1-2H3,(H,20,21,22,23). The molecule has 1 unspecified atom stereocenters. The molecule has 0 saturated carbocycles. The van der Waals surface area contributed by atoms with E-state index in [-0.39, 0.29) is 5.56 Å². The molecular formula is C19H19N3O2. The predicted octanol–water partition coefficient (Wildman–Crippen LogP) is 3.43. The van der Waals surface area contributed by atoms with Crippen LogP contribution in [-0.4, -0.2) is 22.1 Å². The summed E-state index contributed by atoms with van der Waals surface area (Å²) < 4.78 is 5.25. The second kappa shape index (κ2) is 5.74. The molecule has 1 aromatic carbocycles. The first kappa shape index (κ1) is 14.9. The molecule has 1 aliphatic carbocycles. The Morgan fingerprint density at radius 3 is 2.79 bits per heavy atom. The van der Waals surface area contributed by atoms with Crippen LogP contribution in [0.15, 0.2) is 35.4 Å².